The summed E-state index contributed by atoms with van der Waals surface area (Å²) in [4.78, 5) is 35.8. The van der Waals surface area contributed by atoms with Crippen molar-refractivity contribution in [3.8, 4) is 0 Å². The number of amides is 2. The molecule has 8 nitrogen and oxygen atoms in total. The molecule has 0 atom stereocenters. The van der Waals surface area contributed by atoms with Crippen molar-refractivity contribution in [2.45, 2.75) is 63.7 Å². The van der Waals surface area contributed by atoms with Crippen molar-refractivity contribution in [3.05, 3.63) is 23.2 Å². The van der Waals surface area contributed by atoms with Gasteiger partial charge in [0.15, 0.2) is 0 Å². The van der Waals surface area contributed by atoms with Crippen LogP contribution in [0.25, 0.3) is 11.0 Å². The second kappa shape index (κ2) is 6.95. The van der Waals surface area contributed by atoms with E-state index in [-0.39, 0.29) is 17.9 Å². The number of halogens is 1. The van der Waals surface area contributed by atoms with E-state index in [1.807, 2.05) is 4.57 Å². The molecule has 0 saturated heterocycles. The van der Waals surface area contributed by atoms with Gasteiger partial charge in [0.2, 0.25) is 5.28 Å². The Hall–Kier alpha value is -2.19. The topological polar surface area (TPSA) is 86.5 Å². The molecular weight excluding hydrogens is 396 g/mol. The predicted molar refractivity (Wildman–Crippen MR) is 107 cm³/mol. The Labute approximate surface area is 174 Å². The van der Waals surface area contributed by atoms with Crippen molar-refractivity contribution in [1.82, 2.24) is 19.4 Å². The van der Waals surface area contributed by atoms with Gasteiger partial charge >= 0.3 is 6.09 Å². The summed E-state index contributed by atoms with van der Waals surface area (Å²) in [6, 6.07) is 1.73. The third-order valence-electron chi connectivity index (χ3n) is 5.71. The summed E-state index contributed by atoms with van der Waals surface area (Å²) in [5, 5.41) is 0.846. The lowest BCUT2D eigenvalue weighted by Crippen LogP contribution is -2.57. The minimum Gasteiger partial charge on any atom is -0.443 e. The van der Waals surface area contributed by atoms with E-state index in [0.717, 1.165) is 31.1 Å². The van der Waals surface area contributed by atoms with E-state index in [1.165, 1.54) is 4.90 Å². The Morgan fingerprint density at radius 2 is 2.00 bits per heavy atom. The number of nitrogens with zero attached hydrogens (tertiary/aromatic N) is 4. The molecule has 2 amide bonds. The number of carbonyl (C=O) groups is 2. The van der Waals surface area contributed by atoms with Crippen molar-refractivity contribution in [2.24, 2.45) is 0 Å². The second-order valence-corrected chi connectivity index (χ2v) is 9.15. The van der Waals surface area contributed by atoms with Crippen molar-refractivity contribution in [1.29, 1.82) is 0 Å². The normalized spacial score (nSPS) is 24.8. The quantitative estimate of drug-likeness (QED) is 0.653. The molecular formula is C20H25ClN4O4. The SMILES string of the molecule is CO[C@H]1CC[C@]2(CC1)CN(C(=O)OC(C)(C)C)C(=O)c1cc3cnc(Cl)nc3n12. The molecule has 2 aliphatic rings. The first-order chi connectivity index (χ1) is 13.6. The molecule has 9 heteroatoms. The fourth-order valence-corrected chi connectivity index (χ4v) is 4.52. The lowest BCUT2D eigenvalue weighted by molar-refractivity contribution is -0.00747. The summed E-state index contributed by atoms with van der Waals surface area (Å²) in [6.45, 7) is 5.59. The number of rotatable bonds is 1. The van der Waals surface area contributed by atoms with Gasteiger partial charge in [-0.05, 0) is 64.1 Å². The predicted octanol–water partition coefficient (Wildman–Crippen LogP) is 3.76. The van der Waals surface area contributed by atoms with E-state index >= 15 is 0 Å². The maximum Gasteiger partial charge on any atom is 0.417 e. The van der Waals surface area contributed by atoms with Crippen molar-refractivity contribution < 1.29 is 19.1 Å². The third-order valence-corrected chi connectivity index (χ3v) is 5.90. The Balaban J connectivity index is 1.83. The minimum atomic E-state index is -0.693. The molecule has 0 aromatic carbocycles. The Morgan fingerprint density at radius 1 is 1.31 bits per heavy atom. The second-order valence-electron chi connectivity index (χ2n) is 8.81. The van der Waals surface area contributed by atoms with E-state index in [2.05, 4.69) is 9.97 Å². The van der Waals surface area contributed by atoms with Crippen LogP contribution in [0.4, 0.5) is 4.79 Å². The molecule has 0 unspecified atom stereocenters. The zero-order valence-corrected chi connectivity index (χ0v) is 17.8. The molecule has 0 N–H and O–H groups in total. The van der Waals surface area contributed by atoms with E-state index in [1.54, 1.807) is 40.1 Å². The Morgan fingerprint density at radius 3 is 2.62 bits per heavy atom. The van der Waals surface area contributed by atoms with Gasteiger partial charge in [-0.1, -0.05) is 0 Å². The average Bonchev–Trinajstić information content (AvgIpc) is 3.04. The van der Waals surface area contributed by atoms with Crippen LogP contribution < -0.4 is 0 Å². The minimum absolute atomic E-state index is 0.126. The number of ether oxygens (including phenoxy) is 2. The number of imide groups is 1. The first-order valence-electron chi connectivity index (χ1n) is 9.76. The van der Waals surface area contributed by atoms with E-state index in [0.29, 0.717) is 11.3 Å². The number of hydrogen-bond donors (Lipinski definition) is 0. The molecule has 1 fully saturated rings. The van der Waals surface area contributed by atoms with Gasteiger partial charge in [0.1, 0.15) is 16.9 Å². The van der Waals surface area contributed by atoms with Crippen LogP contribution in [0.3, 0.4) is 0 Å². The molecule has 3 heterocycles. The Kier molecular flexibility index (Phi) is 4.82. The Bertz CT molecular complexity index is 973. The number of fused-ring (bicyclic) bond motifs is 4. The van der Waals surface area contributed by atoms with E-state index in [4.69, 9.17) is 21.1 Å². The fourth-order valence-electron chi connectivity index (χ4n) is 4.39. The zero-order valence-electron chi connectivity index (χ0n) is 17.1. The van der Waals surface area contributed by atoms with Gasteiger partial charge in [-0.15, -0.1) is 0 Å². The summed E-state index contributed by atoms with van der Waals surface area (Å²) in [5.74, 6) is -0.395. The van der Waals surface area contributed by atoms with Crippen LogP contribution in [-0.2, 0) is 15.0 Å². The third kappa shape index (κ3) is 3.48. The number of carbonyl (C=O) groups excluding carboxylic acids is 2. The van der Waals surface area contributed by atoms with Gasteiger partial charge in [0.05, 0.1) is 18.2 Å². The summed E-state index contributed by atoms with van der Waals surface area (Å²) in [7, 11) is 1.71. The average molecular weight is 421 g/mol. The summed E-state index contributed by atoms with van der Waals surface area (Å²) in [6.07, 6.45) is 4.28. The van der Waals surface area contributed by atoms with Gasteiger partial charge in [-0.3, -0.25) is 4.79 Å². The maximum atomic E-state index is 13.2. The van der Waals surface area contributed by atoms with Crippen LogP contribution >= 0.6 is 11.6 Å². The maximum absolute atomic E-state index is 13.2. The summed E-state index contributed by atoms with van der Waals surface area (Å²) < 4.78 is 13.0. The van der Waals surface area contributed by atoms with Gasteiger partial charge in [-0.2, -0.15) is 4.98 Å². The van der Waals surface area contributed by atoms with Gasteiger partial charge in [0, 0.05) is 18.7 Å². The fraction of sp³-hybridized carbons (Fsp3) is 0.600. The lowest BCUT2D eigenvalue weighted by atomic mass is 9.78. The smallest absolute Gasteiger partial charge is 0.417 e. The molecule has 1 spiro atoms. The zero-order chi connectivity index (χ0) is 21.0. The first kappa shape index (κ1) is 20.1. The molecule has 4 rings (SSSR count). The highest BCUT2D eigenvalue weighted by Crippen LogP contribution is 2.43. The molecule has 1 saturated carbocycles. The van der Waals surface area contributed by atoms with Crippen LogP contribution in [0.15, 0.2) is 12.3 Å². The van der Waals surface area contributed by atoms with E-state index in [9.17, 15) is 9.59 Å². The molecule has 1 aliphatic heterocycles. The highest BCUT2D eigenvalue weighted by atomic mass is 35.5. The highest BCUT2D eigenvalue weighted by molar-refractivity contribution is 6.28. The number of aromatic nitrogens is 3. The van der Waals surface area contributed by atoms with Gasteiger partial charge < -0.3 is 14.0 Å². The summed E-state index contributed by atoms with van der Waals surface area (Å²) in [5.41, 5.74) is -0.145. The number of hydrogen-bond acceptors (Lipinski definition) is 6. The van der Waals surface area contributed by atoms with Crippen LogP contribution in [0.5, 0.6) is 0 Å². The van der Waals surface area contributed by atoms with Crippen LogP contribution in [0.1, 0.15) is 56.9 Å². The van der Waals surface area contributed by atoms with Crippen LogP contribution in [-0.4, -0.2) is 56.8 Å². The standard InChI is InChI=1S/C20H25ClN4O4/c1-19(2,3)29-18(27)24-11-20(7-5-13(28-4)6-8-20)25-14(16(24)26)9-12-10-22-17(21)23-15(12)25/h9-10,13H,5-8,11H2,1-4H3/t13-,20-. The van der Waals surface area contributed by atoms with Crippen molar-refractivity contribution in [3.63, 3.8) is 0 Å². The van der Waals surface area contributed by atoms with E-state index < -0.39 is 23.1 Å². The summed E-state index contributed by atoms with van der Waals surface area (Å²) >= 11 is 6.05. The van der Waals surface area contributed by atoms with Crippen LogP contribution in [0, 0.1) is 0 Å². The monoisotopic (exact) mass is 420 g/mol. The van der Waals surface area contributed by atoms with Crippen molar-refractivity contribution in [2.75, 3.05) is 13.7 Å². The molecule has 0 bridgehead atoms. The van der Waals surface area contributed by atoms with Crippen LogP contribution in [0.2, 0.25) is 5.28 Å². The lowest BCUT2D eigenvalue weighted by Gasteiger charge is -2.47. The molecule has 1 aliphatic carbocycles. The molecule has 2 aromatic heterocycles. The highest BCUT2D eigenvalue weighted by Gasteiger charge is 2.49. The molecule has 156 valence electrons. The first-order valence-corrected chi connectivity index (χ1v) is 10.1. The molecule has 29 heavy (non-hydrogen) atoms. The molecule has 2 aromatic rings. The number of methoxy groups -OCH3 is 1. The van der Waals surface area contributed by atoms with Gasteiger partial charge in [-0.25, -0.2) is 14.7 Å². The largest absolute Gasteiger partial charge is 0.443 e. The van der Waals surface area contributed by atoms with Crippen molar-refractivity contribution >= 4 is 34.6 Å². The molecule has 0 radical (unpaired) electrons. The van der Waals surface area contributed by atoms with Gasteiger partial charge in [0.25, 0.3) is 5.91 Å².